The predicted octanol–water partition coefficient (Wildman–Crippen LogP) is 3.25. The van der Waals surface area contributed by atoms with Crippen molar-refractivity contribution in [3.63, 3.8) is 0 Å². The maximum atomic E-state index is 12.7. The molecule has 1 atom stereocenters. The average Bonchev–Trinajstić information content (AvgIpc) is 2.68. The first-order valence-electron chi connectivity index (χ1n) is 9.92. The van der Waals surface area contributed by atoms with Gasteiger partial charge in [-0.05, 0) is 70.1 Å². The van der Waals surface area contributed by atoms with Crippen molar-refractivity contribution in [2.24, 2.45) is 11.8 Å². The Bertz CT molecular complexity index is 745. The number of halogens is 1. The topological polar surface area (TPSA) is 105 Å². The minimum absolute atomic E-state index is 0.0407. The van der Waals surface area contributed by atoms with E-state index in [2.05, 4.69) is 10.6 Å². The molecule has 0 saturated heterocycles. The molecule has 2 amide bonds. The van der Waals surface area contributed by atoms with Gasteiger partial charge >= 0.3 is 5.97 Å². The summed E-state index contributed by atoms with van der Waals surface area (Å²) in [6, 6.07) is 4.08. The Balaban J connectivity index is 2.02. The number of aliphatic carboxylic acids is 1. The quantitative estimate of drug-likeness (QED) is 0.594. The molecule has 1 unspecified atom stereocenters. The molecule has 29 heavy (non-hydrogen) atoms. The van der Waals surface area contributed by atoms with Crippen LogP contribution in [0.5, 0.6) is 5.75 Å². The maximum absolute atomic E-state index is 12.7. The second kappa shape index (κ2) is 10.5. The van der Waals surface area contributed by atoms with E-state index < -0.39 is 17.9 Å². The maximum Gasteiger partial charge on any atom is 0.306 e. The van der Waals surface area contributed by atoms with Gasteiger partial charge in [-0.15, -0.1) is 0 Å². The second-order valence-electron chi connectivity index (χ2n) is 7.74. The summed E-state index contributed by atoms with van der Waals surface area (Å²) >= 11 is 6.21. The average molecular weight is 425 g/mol. The monoisotopic (exact) mass is 424 g/mol. The van der Waals surface area contributed by atoms with Gasteiger partial charge in [-0.1, -0.05) is 11.6 Å². The van der Waals surface area contributed by atoms with E-state index in [1.807, 2.05) is 13.8 Å². The van der Waals surface area contributed by atoms with Gasteiger partial charge in [0.05, 0.1) is 17.0 Å². The molecule has 1 aromatic carbocycles. The third-order valence-corrected chi connectivity index (χ3v) is 5.49. The molecule has 0 spiro atoms. The minimum Gasteiger partial charge on any atom is -0.489 e. The van der Waals surface area contributed by atoms with Gasteiger partial charge in [-0.25, -0.2) is 0 Å². The Kier molecular flexibility index (Phi) is 8.32. The van der Waals surface area contributed by atoms with Gasteiger partial charge in [-0.3, -0.25) is 14.4 Å². The van der Waals surface area contributed by atoms with Crippen LogP contribution in [0.15, 0.2) is 18.2 Å². The summed E-state index contributed by atoms with van der Waals surface area (Å²) in [5.74, 6) is -1.05. The van der Waals surface area contributed by atoms with Crippen LogP contribution in [0.2, 0.25) is 5.02 Å². The van der Waals surface area contributed by atoms with Crippen molar-refractivity contribution in [1.29, 1.82) is 0 Å². The van der Waals surface area contributed by atoms with Crippen molar-refractivity contribution in [2.45, 2.75) is 58.1 Å². The molecule has 1 aromatic rings. The van der Waals surface area contributed by atoms with E-state index in [1.54, 1.807) is 12.1 Å². The van der Waals surface area contributed by atoms with Crippen molar-refractivity contribution in [3.8, 4) is 5.75 Å². The van der Waals surface area contributed by atoms with Gasteiger partial charge in [0.25, 0.3) is 5.91 Å². The highest BCUT2D eigenvalue weighted by Crippen LogP contribution is 2.32. The fourth-order valence-electron chi connectivity index (χ4n) is 3.62. The van der Waals surface area contributed by atoms with E-state index in [4.69, 9.17) is 21.4 Å². The van der Waals surface area contributed by atoms with Gasteiger partial charge in [0, 0.05) is 12.6 Å². The lowest BCUT2D eigenvalue weighted by Gasteiger charge is -2.29. The molecule has 8 heteroatoms. The van der Waals surface area contributed by atoms with E-state index in [0.717, 1.165) is 12.8 Å². The van der Waals surface area contributed by atoms with E-state index in [9.17, 15) is 14.4 Å². The summed E-state index contributed by atoms with van der Waals surface area (Å²) in [6.45, 7) is 3.77. The minimum atomic E-state index is -0.763. The number of amides is 2. The van der Waals surface area contributed by atoms with Crippen molar-refractivity contribution in [2.75, 3.05) is 7.05 Å². The molecular formula is C21H29ClN2O5. The zero-order valence-electron chi connectivity index (χ0n) is 17.0. The summed E-state index contributed by atoms with van der Waals surface area (Å²) in [6.07, 6.45) is 3.09. The van der Waals surface area contributed by atoms with Crippen LogP contribution in [0.3, 0.4) is 0 Å². The van der Waals surface area contributed by atoms with E-state index >= 15 is 0 Å². The molecule has 3 N–H and O–H groups in total. The standard InChI is InChI=1S/C21H29ClN2O5/c1-12(2)29-18-9-8-15(11-16(18)22)19(25)24-17(20(26)23-3)10-13-4-6-14(7-5-13)21(27)28/h8-9,11-14,17H,4-7,10H2,1-3H3,(H,23,26)(H,24,25)(H,27,28). The molecule has 7 nitrogen and oxygen atoms in total. The van der Waals surface area contributed by atoms with E-state index in [-0.39, 0.29) is 23.8 Å². The van der Waals surface area contributed by atoms with Crippen molar-refractivity contribution < 1.29 is 24.2 Å². The lowest BCUT2D eigenvalue weighted by Crippen LogP contribution is -2.47. The fourth-order valence-corrected chi connectivity index (χ4v) is 3.84. The summed E-state index contributed by atoms with van der Waals surface area (Å²) in [5.41, 5.74) is 0.342. The highest BCUT2D eigenvalue weighted by molar-refractivity contribution is 6.32. The highest BCUT2D eigenvalue weighted by Gasteiger charge is 2.30. The number of carbonyl (C=O) groups is 3. The molecule has 0 aromatic heterocycles. The summed E-state index contributed by atoms with van der Waals surface area (Å²) < 4.78 is 5.57. The number of likely N-dealkylation sites (N-methyl/N-ethyl adjacent to an activating group) is 1. The van der Waals surface area contributed by atoms with Crippen LogP contribution in [0, 0.1) is 11.8 Å². The molecule has 1 saturated carbocycles. The lowest BCUT2D eigenvalue weighted by molar-refractivity contribution is -0.143. The van der Waals surface area contributed by atoms with Crippen molar-refractivity contribution in [1.82, 2.24) is 10.6 Å². The molecule has 1 aliphatic rings. The van der Waals surface area contributed by atoms with Gasteiger partial charge in [-0.2, -0.15) is 0 Å². The van der Waals surface area contributed by atoms with E-state index in [1.165, 1.54) is 13.1 Å². The molecular weight excluding hydrogens is 396 g/mol. The third-order valence-electron chi connectivity index (χ3n) is 5.19. The Morgan fingerprint density at radius 1 is 1.21 bits per heavy atom. The first-order chi connectivity index (χ1) is 13.7. The summed E-state index contributed by atoms with van der Waals surface area (Å²) in [7, 11) is 1.53. The number of hydrogen-bond donors (Lipinski definition) is 3. The van der Waals surface area contributed by atoms with Crippen LogP contribution >= 0.6 is 11.6 Å². The largest absolute Gasteiger partial charge is 0.489 e. The number of carbonyl (C=O) groups excluding carboxylic acids is 2. The number of hydrogen-bond acceptors (Lipinski definition) is 4. The number of rotatable bonds is 8. The van der Waals surface area contributed by atoms with Crippen LogP contribution in [-0.4, -0.2) is 42.1 Å². The molecule has 2 rings (SSSR count). The van der Waals surface area contributed by atoms with Crippen LogP contribution in [0.1, 0.15) is 56.3 Å². The Labute approximate surface area is 176 Å². The van der Waals surface area contributed by atoms with Gasteiger partial charge < -0.3 is 20.5 Å². The summed E-state index contributed by atoms with van der Waals surface area (Å²) in [5, 5.41) is 14.8. The predicted molar refractivity (Wildman–Crippen MR) is 110 cm³/mol. The first-order valence-corrected chi connectivity index (χ1v) is 10.3. The van der Waals surface area contributed by atoms with Gasteiger partial charge in [0.15, 0.2) is 0 Å². The molecule has 0 aliphatic heterocycles. The number of carboxylic acids is 1. The number of nitrogens with one attached hydrogen (secondary N) is 2. The second-order valence-corrected chi connectivity index (χ2v) is 8.15. The smallest absolute Gasteiger partial charge is 0.306 e. The van der Waals surface area contributed by atoms with Crippen LogP contribution in [0.4, 0.5) is 0 Å². The van der Waals surface area contributed by atoms with Crippen molar-refractivity contribution >= 4 is 29.4 Å². The van der Waals surface area contributed by atoms with E-state index in [0.29, 0.717) is 35.6 Å². The third kappa shape index (κ3) is 6.63. The van der Waals surface area contributed by atoms with Crippen LogP contribution in [0.25, 0.3) is 0 Å². The molecule has 0 heterocycles. The Morgan fingerprint density at radius 2 is 1.86 bits per heavy atom. The summed E-state index contributed by atoms with van der Waals surface area (Å²) in [4.78, 5) is 36.1. The number of benzene rings is 1. The Hall–Kier alpha value is -2.28. The first kappa shape index (κ1) is 23.0. The fraction of sp³-hybridized carbons (Fsp3) is 0.571. The zero-order valence-corrected chi connectivity index (χ0v) is 17.8. The molecule has 1 aliphatic carbocycles. The zero-order chi connectivity index (χ0) is 21.6. The molecule has 160 valence electrons. The van der Waals surface area contributed by atoms with Crippen molar-refractivity contribution in [3.05, 3.63) is 28.8 Å². The Morgan fingerprint density at radius 3 is 2.38 bits per heavy atom. The lowest BCUT2D eigenvalue weighted by atomic mass is 9.79. The molecule has 0 radical (unpaired) electrons. The van der Waals surface area contributed by atoms with Gasteiger partial charge in [0.1, 0.15) is 11.8 Å². The highest BCUT2D eigenvalue weighted by atomic mass is 35.5. The molecule has 0 bridgehead atoms. The van der Waals surface area contributed by atoms with Gasteiger partial charge in [0.2, 0.25) is 5.91 Å². The number of carboxylic acid groups (broad SMARTS) is 1. The van der Waals surface area contributed by atoms with Crippen LogP contribution in [-0.2, 0) is 9.59 Å². The number of ether oxygens (including phenoxy) is 1. The molecule has 1 fully saturated rings. The normalized spacial score (nSPS) is 20.0. The van der Waals surface area contributed by atoms with Crippen LogP contribution < -0.4 is 15.4 Å². The SMILES string of the molecule is CNC(=O)C(CC1CCC(C(=O)O)CC1)NC(=O)c1ccc(OC(C)C)c(Cl)c1.